The molecule has 108 valence electrons. The van der Waals surface area contributed by atoms with E-state index in [-0.39, 0.29) is 6.04 Å². The van der Waals surface area contributed by atoms with E-state index in [4.69, 9.17) is 4.55 Å². The predicted molar refractivity (Wildman–Crippen MR) is 85.2 cm³/mol. The van der Waals surface area contributed by atoms with Crippen LogP contribution in [0.2, 0.25) is 0 Å². The normalized spacial score (nSPS) is 14.2. The van der Waals surface area contributed by atoms with Gasteiger partial charge < -0.3 is 4.90 Å². The summed E-state index contributed by atoms with van der Waals surface area (Å²) in [5, 5.41) is 2.27. The van der Waals surface area contributed by atoms with Crippen molar-refractivity contribution in [2.45, 2.75) is 19.4 Å². The van der Waals surface area contributed by atoms with Crippen molar-refractivity contribution in [3.8, 4) is 0 Å². The van der Waals surface area contributed by atoms with Crippen molar-refractivity contribution in [1.29, 1.82) is 0 Å². The first-order valence-corrected chi connectivity index (χ1v) is 7.71. The molecule has 0 fully saturated rings. The summed E-state index contributed by atoms with van der Waals surface area (Å²) in [7, 11) is 4.03. The molecule has 2 unspecified atom stereocenters. The minimum atomic E-state index is -2.01. The van der Waals surface area contributed by atoms with E-state index in [9.17, 15) is 4.21 Å². The van der Waals surface area contributed by atoms with Crippen molar-refractivity contribution in [1.82, 2.24) is 4.72 Å². The van der Waals surface area contributed by atoms with Crippen molar-refractivity contribution in [3.63, 3.8) is 0 Å². The van der Waals surface area contributed by atoms with Crippen molar-refractivity contribution in [2.75, 3.05) is 19.0 Å². The molecule has 2 atom stereocenters. The van der Waals surface area contributed by atoms with E-state index < -0.39 is 11.3 Å². The van der Waals surface area contributed by atoms with Gasteiger partial charge in [-0.3, -0.25) is 4.55 Å². The highest BCUT2D eigenvalue weighted by Gasteiger charge is 2.15. The SMILES string of the molecule is CCC(NS(=O)O)c1cccc2c(N(C)C)cccc12. The maximum Gasteiger partial charge on any atom is 0.232 e. The molecule has 0 aromatic heterocycles. The number of rotatable bonds is 5. The lowest BCUT2D eigenvalue weighted by molar-refractivity contribution is 0.523. The Morgan fingerprint density at radius 1 is 1.20 bits per heavy atom. The fourth-order valence-electron chi connectivity index (χ4n) is 2.50. The van der Waals surface area contributed by atoms with Gasteiger partial charge in [0.1, 0.15) is 0 Å². The van der Waals surface area contributed by atoms with Crippen molar-refractivity contribution >= 4 is 27.7 Å². The maximum atomic E-state index is 11.0. The molecule has 2 aromatic carbocycles. The lowest BCUT2D eigenvalue weighted by atomic mass is 9.97. The standard InChI is InChI=1S/C15H20N2O2S/c1-4-14(16-20(18)19)12-8-5-9-13-11(12)7-6-10-15(13)17(2)3/h5-10,14,16H,4H2,1-3H3,(H,18,19). The Morgan fingerprint density at radius 2 is 1.85 bits per heavy atom. The first kappa shape index (κ1) is 15.0. The van der Waals surface area contributed by atoms with Gasteiger partial charge in [-0.25, -0.2) is 8.93 Å². The summed E-state index contributed by atoms with van der Waals surface area (Å²) in [5.41, 5.74) is 2.19. The van der Waals surface area contributed by atoms with Crippen molar-refractivity contribution < 1.29 is 8.76 Å². The predicted octanol–water partition coefficient (Wildman–Crippen LogP) is 3.08. The Hall–Kier alpha value is -1.43. The van der Waals surface area contributed by atoms with E-state index in [1.165, 1.54) is 0 Å². The Balaban J connectivity index is 2.59. The van der Waals surface area contributed by atoms with Crippen molar-refractivity contribution in [3.05, 3.63) is 42.0 Å². The van der Waals surface area contributed by atoms with E-state index in [0.717, 1.165) is 28.4 Å². The molecule has 0 radical (unpaired) electrons. The number of anilines is 1. The summed E-state index contributed by atoms with van der Waals surface area (Å²) < 4.78 is 22.8. The highest BCUT2D eigenvalue weighted by atomic mass is 32.2. The minimum absolute atomic E-state index is 0.137. The van der Waals surface area contributed by atoms with Crippen LogP contribution < -0.4 is 9.62 Å². The molecule has 0 heterocycles. The zero-order valence-electron chi connectivity index (χ0n) is 12.0. The first-order chi connectivity index (χ1) is 9.54. The van der Waals surface area contributed by atoms with Gasteiger partial charge in [0, 0.05) is 31.2 Å². The number of hydrogen-bond donors (Lipinski definition) is 2. The maximum absolute atomic E-state index is 11.0. The van der Waals surface area contributed by atoms with Crippen LogP contribution >= 0.6 is 0 Å². The van der Waals surface area contributed by atoms with Crippen LogP contribution in [0.1, 0.15) is 24.9 Å². The summed E-state index contributed by atoms with van der Waals surface area (Å²) in [6, 6.07) is 12.1. The average Bonchev–Trinajstić information content (AvgIpc) is 2.43. The molecule has 0 saturated heterocycles. The zero-order chi connectivity index (χ0) is 14.7. The lowest BCUT2D eigenvalue weighted by Gasteiger charge is -2.20. The molecular weight excluding hydrogens is 272 g/mol. The van der Waals surface area contributed by atoms with Crippen molar-refractivity contribution in [2.24, 2.45) is 0 Å². The van der Waals surface area contributed by atoms with Crippen LogP contribution in [0.4, 0.5) is 5.69 Å². The number of benzene rings is 2. The number of nitrogens with zero attached hydrogens (tertiary/aromatic N) is 1. The average molecular weight is 292 g/mol. The van der Waals surface area contributed by atoms with E-state index in [1.807, 2.05) is 39.2 Å². The van der Waals surface area contributed by atoms with Crippen LogP contribution in [0.15, 0.2) is 36.4 Å². The van der Waals surface area contributed by atoms with Gasteiger partial charge in [0.2, 0.25) is 11.3 Å². The van der Waals surface area contributed by atoms with Crippen LogP contribution in [0.3, 0.4) is 0 Å². The Morgan fingerprint density at radius 3 is 2.45 bits per heavy atom. The van der Waals surface area contributed by atoms with E-state index >= 15 is 0 Å². The third kappa shape index (κ3) is 3.00. The molecule has 0 aliphatic carbocycles. The Kier molecular flexibility index (Phi) is 4.75. The topological polar surface area (TPSA) is 52.6 Å². The van der Waals surface area contributed by atoms with Gasteiger partial charge in [-0.1, -0.05) is 37.3 Å². The highest BCUT2D eigenvalue weighted by molar-refractivity contribution is 7.77. The van der Waals surface area contributed by atoms with Crippen LogP contribution in [0, 0.1) is 0 Å². The molecular formula is C15H20N2O2S. The first-order valence-electron chi connectivity index (χ1n) is 6.60. The molecule has 2 N–H and O–H groups in total. The summed E-state index contributed by atoms with van der Waals surface area (Å²) in [6.07, 6.45) is 0.748. The van der Waals surface area contributed by atoms with Crippen LogP contribution in [0.25, 0.3) is 10.8 Å². The molecule has 20 heavy (non-hydrogen) atoms. The number of hydrogen-bond acceptors (Lipinski definition) is 2. The second-order valence-electron chi connectivity index (χ2n) is 4.94. The van der Waals surface area contributed by atoms with Gasteiger partial charge in [0.15, 0.2) is 0 Å². The Bertz CT molecular complexity index is 628. The number of nitrogens with one attached hydrogen (secondary N) is 1. The summed E-state index contributed by atoms with van der Waals surface area (Å²) in [6.45, 7) is 2.00. The van der Waals surface area contributed by atoms with Gasteiger partial charge in [-0.15, -0.1) is 0 Å². The second kappa shape index (κ2) is 6.35. The van der Waals surface area contributed by atoms with Gasteiger partial charge in [-0.05, 0) is 23.4 Å². The fourth-order valence-corrected chi connectivity index (χ4v) is 3.04. The quantitative estimate of drug-likeness (QED) is 0.833. The molecule has 2 rings (SSSR count). The van der Waals surface area contributed by atoms with E-state index in [0.29, 0.717) is 0 Å². The molecule has 0 bridgehead atoms. The summed E-state index contributed by atoms with van der Waals surface area (Å²) in [5.74, 6) is 0. The highest BCUT2D eigenvalue weighted by Crippen LogP contribution is 2.31. The molecule has 2 aromatic rings. The number of fused-ring (bicyclic) bond motifs is 1. The van der Waals surface area contributed by atoms with Crippen LogP contribution in [-0.2, 0) is 11.3 Å². The molecule has 5 heteroatoms. The van der Waals surface area contributed by atoms with Gasteiger partial charge in [-0.2, -0.15) is 0 Å². The van der Waals surface area contributed by atoms with Gasteiger partial charge in [0.25, 0.3) is 0 Å². The van der Waals surface area contributed by atoms with Crippen LogP contribution in [-0.4, -0.2) is 22.9 Å². The fraction of sp³-hybridized carbons (Fsp3) is 0.333. The summed E-state index contributed by atoms with van der Waals surface area (Å²) >= 11 is -2.01. The molecule has 4 nitrogen and oxygen atoms in total. The van der Waals surface area contributed by atoms with Gasteiger partial charge in [0.05, 0.1) is 0 Å². The third-order valence-corrected chi connectivity index (χ3v) is 3.93. The largest absolute Gasteiger partial charge is 0.377 e. The monoisotopic (exact) mass is 292 g/mol. The zero-order valence-corrected chi connectivity index (χ0v) is 12.8. The van der Waals surface area contributed by atoms with Crippen LogP contribution in [0.5, 0.6) is 0 Å². The minimum Gasteiger partial charge on any atom is -0.377 e. The molecule has 0 amide bonds. The molecule has 0 spiro atoms. The summed E-state index contributed by atoms with van der Waals surface area (Å²) in [4.78, 5) is 2.07. The smallest absolute Gasteiger partial charge is 0.232 e. The molecule has 0 saturated carbocycles. The lowest BCUT2D eigenvalue weighted by Crippen LogP contribution is -2.22. The Labute approximate surface area is 122 Å². The molecule has 0 aliphatic heterocycles. The molecule has 0 aliphatic rings. The van der Waals surface area contributed by atoms with Gasteiger partial charge >= 0.3 is 0 Å². The second-order valence-corrected chi connectivity index (χ2v) is 5.68. The van der Waals surface area contributed by atoms with E-state index in [2.05, 4.69) is 27.8 Å². The third-order valence-electron chi connectivity index (χ3n) is 3.44. The van der Waals surface area contributed by atoms with E-state index in [1.54, 1.807) is 0 Å².